The first kappa shape index (κ1) is 21.2. The first-order valence-corrected chi connectivity index (χ1v) is 10.3. The summed E-state index contributed by atoms with van der Waals surface area (Å²) in [6.07, 6.45) is 3.28. The number of pyridine rings is 2. The average molecular weight is 434 g/mol. The fourth-order valence-corrected chi connectivity index (χ4v) is 2.92. The molecular weight excluding hydrogens is 411 g/mol. The predicted molar refractivity (Wildman–Crippen MR) is 120 cm³/mol. The van der Waals surface area contributed by atoms with Crippen LogP contribution in [0.5, 0.6) is 0 Å². The van der Waals surface area contributed by atoms with Crippen molar-refractivity contribution in [2.24, 2.45) is 0 Å². The van der Waals surface area contributed by atoms with Crippen molar-refractivity contribution in [3.63, 3.8) is 0 Å². The van der Waals surface area contributed by atoms with E-state index in [4.69, 9.17) is 5.11 Å². The van der Waals surface area contributed by atoms with Crippen LogP contribution in [0, 0.1) is 12.9 Å². The Hall–Kier alpha value is -4.01. The molecule has 0 bridgehead atoms. The summed E-state index contributed by atoms with van der Waals surface area (Å²) in [6.45, 7) is 2.18. The van der Waals surface area contributed by atoms with Crippen molar-refractivity contribution in [1.82, 2.24) is 19.6 Å². The molecule has 1 aliphatic rings. The number of anilines is 2. The van der Waals surface area contributed by atoms with Gasteiger partial charge in [0.25, 0.3) is 5.95 Å². The molecule has 3 aromatic heterocycles. The Labute approximate surface area is 184 Å². The maximum atomic E-state index is 13.8. The number of fused-ring (bicyclic) bond motifs is 1. The van der Waals surface area contributed by atoms with E-state index in [1.165, 1.54) is 19.3 Å². The first-order valence-electron chi connectivity index (χ1n) is 10.3. The molecule has 0 spiro atoms. The van der Waals surface area contributed by atoms with Crippen molar-refractivity contribution in [2.75, 3.05) is 10.6 Å². The number of aryl methyl sites for hydroxylation is 1. The zero-order valence-corrected chi connectivity index (χ0v) is 17.5. The van der Waals surface area contributed by atoms with Gasteiger partial charge in [0.1, 0.15) is 0 Å². The van der Waals surface area contributed by atoms with Crippen LogP contribution >= 0.6 is 0 Å². The van der Waals surface area contributed by atoms with Crippen LogP contribution < -0.4 is 10.6 Å². The summed E-state index contributed by atoms with van der Waals surface area (Å²) in [6, 6.07) is 16.5. The first-order chi connectivity index (χ1) is 15.5. The molecule has 1 aromatic carbocycles. The lowest BCUT2D eigenvalue weighted by Gasteiger charge is -2.09. The highest BCUT2D eigenvalue weighted by Gasteiger charge is 2.10. The van der Waals surface area contributed by atoms with Gasteiger partial charge >= 0.3 is 6.09 Å². The van der Waals surface area contributed by atoms with Crippen LogP contribution in [0.1, 0.15) is 30.5 Å². The molecule has 3 heterocycles. The number of aromatic nitrogens is 4. The van der Waals surface area contributed by atoms with Gasteiger partial charge in [-0.3, -0.25) is 5.32 Å². The van der Waals surface area contributed by atoms with E-state index < -0.39 is 12.0 Å². The van der Waals surface area contributed by atoms with Gasteiger partial charge in [-0.1, -0.05) is 49.6 Å². The predicted octanol–water partition coefficient (Wildman–Crippen LogP) is 5.11. The highest BCUT2D eigenvalue weighted by molar-refractivity contribution is 5.80. The molecule has 0 aliphatic heterocycles. The molecule has 32 heavy (non-hydrogen) atoms. The van der Waals surface area contributed by atoms with Gasteiger partial charge in [0.05, 0.1) is 11.4 Å². The molecule has 4 aromatic rings. The van der Waals surface area contributed by atoms with Crippen LogP contribution in [0.4, 0.5) is 20.8 Å². The smallest absolute Gasteiger partial charge is 0.411 e. The maximum Gasteiger partial charge on any atom is 0.411 e. The fraction of sp³-hybridized carbons (Fsp3) is 0.217. The molecule has 1 aliphatic carbocycles. The molecule has 8 nitrogen and oxygen atoms in total. The minimum absolute atomic E-state index is 0.0134. The van der Waals surface area contributed by atoms with Crippen LogP contribution in [0.15, 0.2) is 54.6 Å². The van der Waals surface area contributed by atoms with Gasteiger partial charge in [0, 0.05) is 17.8 Å². The van der Waals surface area contributed by atoms with Crippen molar-refractivity contribution in [1.29, 1.82) is 0 Å². The summed E-state index contributed by atoms with van der Waals surface area (Å²) in [7, 11) is 0. The van der Waals surface area contributed by atoms with Crippen molar-refractivity contribution in [2.45, 2.75) is 32.7 Å². The zero-order chi connectivity index (χ0) is 22.5. The Morgan fingerprint density at radius 1 is 1.06 bits per heavy atom. The topological polar surface area (TPSA) is 104 Å². The number of hydrogen-bond acceptors (Lipinski definition) is 5. The minimum atomic E-state index is -1.22. The molecule has 9 heteroatoms. The molecule has 164 valence electrons. The van der Waals surface area contributed by atoms with Crippen molar-refractivity contribution < 1.29 is 14.3 Å². The number of hydrogen-bond donors (Lipinski definition) is 3. The Balaban J connectivity index is 0.000000754. The SMILES string of the molecule is C1CC1.Cc1ccc(NCc2ccc(-c3cccc4nc(NC(=O)O)nn34)cc2)c(F)n1. The number of halogens is 1. The van der Waals surface area contributed by atoms with E-state index >= 15 is 0 Å². The zero-order valence-electron chi connectivity index (χ0n) is 17.5. The van der Waals surface area contributed by atoms with E-state index in [1.807, 2.05) is 36.4 Å². The number of carbonyl (C=O) groups is 1. The molecule has 3 N–H and O–H groups in total. The highest BCUT2D eigenvalue weighted by Crippen LogP contribution is 2.22. The molecular formula is C23H23FN6O2. The summed E-state index contributed by atoms with van der Waals surface area (Å²) < 4.78 is 15.4. The van der Waals surface area contributed by atoms with Crippen LogP contribution in [-0.4, -0.2) is 30.8 Å². The summed E-state index contributed by atoms with van der Waals surface area (Å²) >= 11 is 0. The van der Waals surface area contributed by atoms with E-state index in [1.54, 1.807) is 29.6 Å². The van der Waals surface area contributed by atoms with Crippen molar-refractivity contribution in [3.8, 4) is 11.3 Å². The molecule has 0 unspecified atom stereocenters. The lowest BCUT2D eigenvalue weighted by Crippen LogP contribution is -2.08. The summed E-state index contributed by atoms with van der Waals surface area (Å²) in [4.78, 5) is 18.8. The summed E-state index contributed by atoms with van der Waals surface area (Å²) in [5, 5.41) is 18.2. The Kier molecular flexibility index (Phi) is 6.25. The number of carboxylic acid groups (broad SMARTS) is 1. The van der Waals surface area contributed by atoms with Crippen molar-refractivity contribution in [3.05, 3.63) is 71.8 Å². The maximum absolute atomic E-state index is 13.8. The molecule has 5 rings (SSSR count). The molecule has 1 amide bonds. The second kappa shape index (κ2) is 9.42. The van der Waals surface area contributed by atoms with E-state index in [0.29, 0.717) is 23.6 Å². The monoisotopic (exact) mass is 434 g/mol. The molecule has 0 saturated heterocycles. The number of benzene rings is 1. The lowest BCUT2D eigenvalue weighted by molar-refractivity contribution is 0.209. The van der Waals surface area contributed by atoms with E-state index in [9.17, 15) is 9.18 Å². The molecule has 0 atom stereocenters. The normalized spacial score (nSPS) is 12.1. The Morgan fingerprint density at radius 2 is 1.81 bits per heavy atom. The standard InChI is InChI=1S/C20H17FN6O2.C3H6/c1-12-5-10-15(18(21)23-12)22-11-13-6-8-14(9-7-13)16-3-2-4-17-24-19(25-20(28)29)26-27(16)17;1-2-3-1/h2-10,22H,11H2,1H3,(H,25,26)(H,28,29);1-3H2. The number of nitrogens with zero attached hydrogens (tertiary/aromatic N) is 4. The van der Waals surface area contributed by atoms with Crippen LogP contribution in [-0.2, 0) is 6.54 Å². The van der Waals surface area contributed by atoms with Crippen LogP contribution in [0.3, 0.4) is 0 Å². The summed E-state index contributed by atoms with van der Waals surface area (Å²) in [5.41, 5.74) is 4.12. The van der Waals surface area contributed by atoms with Gasteiger partial charge < -0.3 is 10.4 Å². The van der Waals surface area contributed by atoms with Gasteiger partial charge in [0.15, 0.2) is 5.65 Å². The number of nitrogens with one attached hydrogen (secondary N) is 2. The number of rotatable bonds is 5. The summed E-state index contributed by atoms with van der Waals surface area (Å²) in [5.74, 6) is -0.509. The van der Waals surface area contributed by atoms with Crippen LogP contribution in [0.25, 0.3) is 16.9 Å². The van der Waals surface area contributed by atoms with Crippen molar-refractivity contribution >= 4 is 23.4 Å². The molecule has 0 radical (unpaired) electrons. The Bertz CT molecular complexity index is 1230. The van der Waals surface area contributed by atoms with Gasteiger partial charge in [-0.05, 0) is 36.8 Å². The third-order valence-electron chi connectivity index (χ3n) is 4.65. The second-order valence-electron chi connectivity index (χ2n) is 7.45. The minimum Gasteiger partial charge on any atom is -0.465 e. The Morgan fingerprint density at radius 3 is 2.47 bits per heavy atom. The molecule has 1 fully saturated rings. The largest absolute Gasteiger partial charge is 0.465 e. The van der Waals surface area contributed by atoms with E-state index in [0.717, 1.165) is 16.8 Å². The van der Waals surface area contributed by atoms with E-state index in [-0.39, 0.29) is 5.95 Å². The number of amides is 1. The third-order valence-corrected chi connectivity index (χ3v) is 4.65. The van der Waals surface area contributed by atoms with Crippen LogP contribution in [0.2, 0.25) is 0 Å². The quantitative estimate of drug-likeness (QED) is 0.377. The van der Waals surface area contributed by atoms with Gasteiger partial charge in [0.2, 0.25) is 5.95 Å². The lowest BCUT2D eigenvalue weighted by atomic mass is 10.1. The highest BCUT2D eigenvalue weighted by atomic mass is 19.1. The van der Waals surface area contributed by atoms with E-state index in [2.05, 4.69) is 25.7 Å². The second-order valence-corrected chi connectivity index (χ2v) is 7.45. The van der Waals surface area contributed by atoms with Gasteiger partial charge in [-0.15, -0.1) is 5.10 Å². The van der Waals surface area contributed by atoms with Gasteiger partial charge in [-0.25, -0.2) is 14.3 Å². The average Bonchev–Trinajstić information content (AvgIpc) is 3.59. The fourth-order valence-electron chi connectivity index (χ4n) is 2.92. The third kappa shape index (κ3) is 5.37. The van der Waals surface area contributed by atoms with Gasteiger partial charge in [-0.2, -0.15) is 9.37 Å². The molecule has 1 saturated carbocycles.